The van der Waals surface area contributed by atoms with Gasteiger partial charge in [0.25, 0.3) is 10.0 Å². The van der Waals surface area contributed by atoms with Gasteiger partial charge in [0.15, 0.2) is 0 Å². The van der Waals surface area contributed by atoms with Crippen LogP contribution in [-0.4, -0.2) is 33.9 Å². The lowest BCUT2D eigenvalue weighted by Gasteiger charge is -2.21. The first kappa shape index (κ1) is 18.2. The number of nitrogens with zero attached hydrogens (tertiary/aromatic N) is 2. The van der Waals surface area contributed by atoms with E-state index in [0.29, 0.717) is 12.3 Å². The number of benzene rings is 2. The van der Waals surface area contributed by atoms with Crippen LogP contribution in [0.5, 0.6) is 0 Å². The molecule has 26 heavy (non-hydrogen) atoms. The highest BCUT2D eigenvalue weighted by Crippen LogP contribution is 2.31. The van der Waals surface area contributed by atoms with Gasteiger partial charge in [0.2, 0.25) is 5.09 Å². The predicted molar refractivity (Wildman–Crippen MR) is 104 cm³/mol. The minimum absolute atomic E-state index is 0.0396. The summed E-state index contributed by atoms with van der Waals surface area (Å²) in [4.78, 5) is 2.05. The molecule has 5 nitrogen and oxygen atoms in total. The van der Waals surface area contributed by atoms with Gasteiger partial charge in [-0.15, -0.1) is 0 Å². The molecule has 0 unspecified atom stereocenters. The van der Waals surface area contributed by atoms with Crippen LogP contribution in [0.2, 0.25) is 0 Å². The zero-order valence-corrected chi connectivity index (χ0v) is 15.9. The second-order valence-electron chi connectivity index (χ2n) is 6.25. The molecule has 3 aromatic rings. The number of para-hydroxylation sites is 1. The summed E-state index contributed by atoms with van der Waals surface area (Å²) in [5.74, 6) is 0.593. The molecule has 0 saturated heterocycles. The number of furan rings is 1. The normalized spacial score (nSPS) is 11.7. The molecular formula is C20H22N2O3S. The largest absolute Gasteiger partial charge is 0.446 e. The Morgan fingerprint density at radius 1 is 0.846 bits per heavy atom. The van der Waals surface area contributed by atoms with Gasteiger partial charge in [-0.1, -0.05) is 48.5 Å². The van der Waals surface area contributed by atoms with Crippen molar-refractivity contribution in [2.45, 2.75) is 11.6 Å². The topological polar surface area (TPSA) is 53.8 Å². The first-order chi connectivity index (χ1) is 12.4. The average molecular weight is 370 g/mol. The molecule has 0 amide bonds. The van der Waals surface area contributed by atoms with Gasteiger partial charge < -0.3 is 9.32 Å². The molecule has 3 rings (SSSR count). The highest BCUT2D eigenvalue weighted by Gasteiger charge is 2.22. The number of anilines is 1. The Morgan fingerprint density at radius 3 is 2.19 bits per heavy atom. The van der Waals surface area contributed by atoms with Gasteiger partial charge >= 0.3 is 0 Å². The van der Waals surface area contributed by atoms with E-state index in [2.05, 4.69) is 18.2 Å². The highest BCUT2D eigenvalue weighted by atomic mass is 32.2. The minimum atomic E-state index is -3.56. The van der Waals surface area contributed by atoms with Gasteiger partial charge in [-0.25, -0.2) is 12.7 Å². The van der Waals surface area contributed by atoms with E-state index in [9.17, 15) is 8.42 Å². The third-order valence-corrected chi connectivity index (χ3v) is 5.85. The summed E-state index contributed by atoms with van der Waals surface area (Å²) in [6.45, 7) is 0.465. The summed E-state index contributed by atoms with van der Waals surface area (Å²) in [6, 6.07) is 21.5. The fourth-order valence-electron chi connectivity index (χ4n) is 2.75. The average Bonchev–Trinajstić information content (AvgIpc) is 3.11. The lowest BCUT2D eigenvalue weighted by atomic mass is 10.0. The molecule has 0 aliphatic carbocycles. The van der Waals surface area contributed by atoms with Gasteiger partial charge in [-0.2, -0.15) is 0 Å². The van der Waals surface area contributed by atoms with Crippen LogP contribution in [-0.2, 0) is 16.6 Å². The maximum Gasteiger partial charge on any atom is 0.275 e. The van der Waals surface area contributed by atoms with Crippen molar-refractivity contribution < 1.29 is 12.8 Å². The van der Waals surface area contributed by atoms with E-state index in [1.165, 1.54) is 20.2 Å². The molecule has 6 heteroatoms. The Morgan fingerprint density at radius 2 is 1.50 bits per heavy atom. The Hall–Kier alpha value is -2.57. The Balaban J connectivity index is 1.86. The molecule has 136 valence electrons. The molecule has 0 radical (unpaired) electrons. The molecule has 0 N–H and O–H groups in total. The molecule has 0 fully saturated rings. The standard InChI is InChI=1S/C20H22N2O3S/c1-21(2)26(23,24)20-14-13-17(25-20)15-22(3)19-12-8-7-11-18(19)16-9-5-4-6-10-16/h4-14H,15H2,1-3H3. The lowest BCUT2D eigenvalue weighted by Crippen LogP contribution is -2.21. The van der Waals surface area contributed by atoms with Crippen LogP contribution in [0.1, 0.15) is 5.76 Å². The smallest absolute Gasteiger partial charge is 0.275 e. The van der Waals surface area contributed by atoms with Gasteiger partial charge in [-0.05, 0) is 23.8 Å². The zero-order valence-electron chi connectivity index (χ0n) is 15.1. The predicted octanol–water partition coefficient (Wildman–Crippen LogP) is 3.83. The molecule has 0 bridgehead atoms. The molecule has 1 aromatic heterocycles. The van der Waals surface area contributed by atoms with Crippen molar-refractivity contribution in [1.82, 2.24) is 4.31 Å². The molecular weight excluding hydrogens is 348 g/mol. The van der Waals surface area contributed by atoms with Gasteiger partial charge in [-0.3, -0.25) is 0 Å². The second kappa shape index (κ2) is 7.35. The quantitative estimate of drug-likeness (QED) is 0.662. The van der Waals surface area contributed by atoms with Crippen LogP contribution in [0.3, 0.4) is 0 Å². The Labute approximate surface area is 154 Å². The van der Waals surface area contributed by atoms with Gasteiger partial charge in [0.05, 0.1) is 6.54 Å². The minimum Gasteiger partial charge on any atom is -0.446 e. The van der Waals surface area contributed by atoms with Crippen molar-refractivity contribution in [2.75, 3.05) is 26.0 Å². The Bertz CT molecular complexity index is 979. The summed E-state index contributed by atoms with van der Waals surface area (Å²) >= 11 is 0. The number of hydrogen-bond donors (Lipinski definition) is 0. The van der Waals surface area contributed by atoms with E-state index in [0.717, 1.165) is 21.1 Å². The van der Waals surface area contributed by atoms with Crippen LogP contribution in [0.25, 0.3) is 11.1 Å². The monoisotopic (exact) mass is 370 g/mol. The van der Waals surface area contributed by atoms with Crippen LogP contribution in [0.15, 0.2) is 76.2 Å². The first-order valence-corrected chi connectivity index (χ1v) is 9.70. The van der Waals surface area contributed by atoms with Crippen LogP contribution < -0.4 is 4.90 Å². The lowest BCUT2D eigenvalue weighted by molar-refractivity contribution is 0.398. The van der Waals surface area contributed by atoms with Crippen molar-refractivity contribution in [1.29, 1.82) is 0 Å². The fraction of sp³-hybridized carbons (Fsp3) is 0.200. The van der Waals surface area contributed by atoms with E-state index in [4.69, 9.17) is 4.42 Å². The molecule has 0 atom stereocenters. The van der Waals surface area contributed by atoms with Crippen molar-refractivity contribution in [3.05, 3.63) is 72.5 Å². The maximum atomic E-state index is 12.2. The van der Waals surface area contributed by atoms with E-state index in [1.54, 1.807) is 6.07 Å². The third kappa shape index (κ3) is 3.66. The molecule has 0 saturated carbocycles. The van der Waals surface area contributed by atoms with Crippen molar-refractivity contribution in [3.63, 3.8) is 0 Å². The van der Waals surface area contributed by atoms with Crippen LogP contribution in [0.4, 0.5) is 5.69 Å². The number of hydrogen-bond acceptors (Lipinski definition) is 4. The van der Waals surface area contributed by atoms with E-state index in [1.807, 2.05) is 48.3 Å². The van der Waals surface area contributed by atoms with E-state index >= 15 is 0 Å². The van der Waals surface area contributed by atoms with Crippen molar-refractivity contribution in [2.24, 2.45) is 0 Å². The first-order valence-electron chi connectivity index (χ1n) is 8.26. The third-order valence-electron chi connectivity index (χ3n) is 4.17. The summed E-state index contributed by atoms with van der Waals surface area (Å²) < 4.78 is 31.0. The number of sulfonamides is 1. The van der Waals surface area contributed by atoms with Crippen LogP contribution >= 0.6 is 0 Å². The summed E-state index contributed by atoms with van der Waals surface area (Å²) in [5, 5.41) is -0.0396. The van der Waals surface area contributed by atoms with Gasteiger partial charge in [0, 0.05) is 32.4 Å². The highest BCUT2D eigenvalue weighted by molar-refractivity contribution is 7.88. The SMILES string of the molecule is CN(Cc1ccc(S(=O)(=O)N(C)C)o1)c1ccccc1-c1ccccc1. The maximum absolute atomic E-state index is 12.2. The molecule has 2 aromatic carbocycles. The Kier molecular flexibility index (Phi) is 5.15. The molecule has 1 heterocycles. The van der Waals surface area contributed by atoms with E-state index in [-0.39, 0.29) is 5.09 Å². The summed E-state index contributed by atoms with van der Waals surface area (Å²) in [6.07, 6.45) is 0. The molecule has 0 aliphatic heterocycles. The molecule has 0 aliphatic rings. The zero-order chi connectivity index (χ0) is 18.7. The summed E-state index contributed by atoms with van der Waals surface area (Å²) in [5.41, 5.74) is 3.29. The summed E-state index contributed by atoms with van der Waals surface area (Å²) in [7, 11) is 1.37. The van der Waals surface area contributed by atoms with Crippen LogP contribution in [0, 0.1) is 0 Å². The van der Waals surface area contributed by atoms with E-state index < -0.39 is 10.0 Å². The fourth-order valence-corrected chi connectivity index (χ4v) is 3.56. The van der Waals surface area contributed by atoms with Gasteiger partial charge in [0.1, 0.15) is 5.76 Å². The van der Waals surface area contributed by atoms with Crippen molar-refractivity contribution >= 4 is 15.7 Å². The molecule has 0 spiro atoms. The number of rotatable bonds is 6. The second-order valence-corrected chi connectivity index (χ2v) is 8.33. The van der Waals surface area contributed by atoms with Crippen molar-refractivity contribution in [3.8, 4) is 11.1 Å².